The normalized spacial score (nSPS) is 23.9. The van der Waals surface area contributed by atoms with E-state index in [0.29, 0.717) is 0 Å². The number of sulfonamides is 1. The molecule has 1 amide bonds. The number of likely N-dealkylation sites (tertiary alicyclic amines) is 1. The summed E-state index contributed by atoms with van der Waals surface area (Å²) >= 11 is 0. The molecule has 6 nitrogen and oxygen atoms in total. The monoisotopic (exact) mass is 387 g/mol. The lowest BCUT2D eigenvalue weighted by Gasteiger charge is -2.20. The van der Waals surface area contributed by atoms with Crippen LogP contribution >= 0.6 is 12.4 Å². The third-order valence-electron chi connectivity index (χ3n) is 4.68. The van der Waals surface area contributed by atoms with Gasteiger partial charge in [0.25, 0.3) is 0 Å². The van der Waals surface area contributed by atoms with Gasteiger partial charge >= 0.3 is 0 Å². The lowest BCUT2D eigenvalue weighted by atomic mass is 9.94. The van der Waals surface area contributed by atoms with Crippen molar-refractivity contribution < 1.29 is 13.2 Å². The van der Waals surface area contributed by atoms with Crippen molar-refractivity contribution in [1.29, 1.82) is 0 Å². The summed E-state index contributed by atoms with van der Waals surface area (Å²) in [6.07, 6.45) is 3.67. The van der Waals surface area contributed by atoms with Crippen molar-refractivity contribution in [2.24, 2.45) is 5.92 Å². The predicted molar refractivity (Wildman–Crippen MR) is 100 cm³/mol. The molecule has 1 aliphatic heterocycles. The number of hydrogen-bond acceptors (Lipinski definition) is 4. The van der Waals surface area contributed by atoms with E-state index in [1.54, 1.807) is 0 Å². The van der Waals surface area contributed by atoms with Crippen LogP contribution in [-0.4, -0.2) is 57.7 Å². The van der Waals surface area contributed by atoms with Gasteiger partial charge in [-0.25, -0.2) is 13.1 Å². The number of nitrogens with one attached hydrogen (secondary N) is 2. The minimum absolute atomic E-state index is 0. The van der Waals surface area contributed by atoms with Crippen LogP contribution in [-0.2, 0) is 14.8 Å². The molecule has 2 fully saturated rings. The molecule has 3 rings (SSSR count). The third-order valence-corrected chi connectivity index (χ3v) is 5.35. The Hall–Kier alpha value is -1.15. The molecule has 2 N–H and O–H groups in total. The van der Waals surface area contributed by atoms with E-state index < -0.39 is 10.0 Å². The summed E-state index contributed by atoms with van der Waals surface area (Å²) in [5.74, 6) is 0.773. The van der Waals surface area contributed by atoms with Gasteiger partial charge in [0, 0.05) is 31.6 Å². The lowest BCUT2D eigenvalue weighted by molar-refractivity contribution is -0.120. The summed E-state index contributed by atoms with van der Waals surface area (Å²) in [4.78, 5) is 14.5. The van der Waals surface area contributed by atoms with Crippen LogP contribution in [0.5, 0.6) is 0 Å². The Balaban J connectivity index is 0.00000225. The van der Waals surface area contributed by atoms with Gasteiger partial charge in [-0.15, -0.1) is 12.4 Å². The molecule has 0 radical (unpaired) electrons. The number of amides is 1. The van der Waals surface area contributed by atoms with Crippen LogP contribution in [0.15, 0.2) is 30.3 Å². The minimum atomic E-state index is -3.36. The van der Waals surface area contributed by atoms with Gasteiger partial charge in [0.05, 0.1) is 12.8 Å². The highest BCUT2D eigenvalue weighted by molar-refractivity contribution is 7.88. The summed E-state index contributed by atoms with van der Waals surface area (Å²) in [6, 6.07) is 10.2. The molecule has 1 aromatic rings. The van der Waals surface area contributed by atoms with Gasteiger partial charge in [-0.3, -0.25) is 4.79 Å². The summed E-state index contributed by atoms with van der Waals surface area (Å²) in [5, 5.41) is 3.02. The van der Waals surface area contributed by atoms with E-state index in [-0.39, 0.29) is 36.8 Å². The van der Waals surface area contributed by atoms with Crippen LogP contribution in [0.2, 0.25) is 0 Å². The fourth-order valence-corrected chi connectivity index (χ4v) is 3.73. The second-order valence-corrected chi connectivity index (χ2v) is 8.78. The highest BCUT2D eigenvalue weighted by Crippen LogP contribution is 2.34. The fraction of sp³-hybridized carbons (Fsp3) is 0.588. The van der Waals surface area contributed by atoms with E-state index in [2.05, 4.69) is 27.1 Å². The average molecular weight is 388 g/mol. The number of rotatable bonds is 7. The molecule has 0 unspecified atom stereocenters. The summed E-state index contributed by atoms with van der Waals surface area (Å²) in [5.41, 5.74) is 1.22. The van der Waals surface area contributed by atoms with Crippen LogP contribution in [0.25, 0.3) is 0 Å². The second kappa shape index (κ2) is 8.49. The van der Waals surface area contributed by atoms with Gasteiger partial charge < -0.3 is 10.2 Å². The summed E-state index contributed by atoms with van der Waals surface area (Å²) in [7, 11) is -3.36. The van der Waals surface area contributed by atoms with Crippen molar-refractivity contribution in [1.82, 2.24) is 14.9 Å². The molecule has 0 spiro atoms. The molecule has 140 valence electrons. The minimum Gasteiger partial charge on any atom is -0.350 e. The molecule has 0 bridgehead atoms. The largest absolute Gasteiger partial charge is 0.350 e. The molecule has 1 aliphatic carbocycles. The summed E-state index contributed by atoms with van der Waals surface area (Å²) in [6.45, 7) is 2.64. The van der Waals surface area contributed by atoms with Crippen molar-refractivity contribution in [3.8, 4) is 0 Å². The second-order valence-electron chi connectivity index (χ2n) is 6.95. The Morgan fingerprint density at radius 2 is 1.88 bits per heavy atom. The smallest absolute Gasteiger partial charge is 0.235 e. The van der Waals surface area contributed by atoms with E-state index >= 15 is 0 Å². The predicted octanol–water partition coefficient (Wildman–Crippen LogP) is 0.952. The topological polar surface area (TPSA) is 78.5 Å². The van der Waals surface area contributed by atoms with Gasteiger partial charge in [-0.05, 0) is 24.3 Å². The highest BCUT2D eigenvalue weighted by atomic mass is 35.5. The molecule has 25 heavy (non-hydrogen) atoms. The van der Waals surface area contributed by atoms with Crippen LogP contribution in [0.1, 0.15) is 24.3 Å². The maximum Gasteiger partial charge on any atom is 0.235 e. The Kier molecular flexibility index (Phi) is 6.85. The zero-order valence-electron chi connectivity index (χ0n) is 14.3. The molecule has 0 aromatic heterocycles. The molecule has 1 saturated heterocycles. The van der Waals surface area contributed by atoms with Crippen molar-refractivity contribution in [2.45, 2.75) is 24.8 Å². The number of carbonyl (C=O) groups excluding carboxylic acids is 1. The van der Waals surface area contributed by atoms with E-state index in [4.69, 9.17) is 0 Å². The maximum absolute atomic E-state index is 12.1. The first-order valence-electron chi connectivity index (χ1n) is 8.42. The van der Waals surface area contributed by atoms with Gasteiger partial charge in [-0.2, -0.15) is 0 Å². The Morgan fingerprint density at radius 1 is 1.20 bits per heavy atom. The number of benzene rings is 1. The van der Waals surface area contributed by atoms with Gasteiger partial charge in [-0.1, -0.05) is 30.3 Å². The average Bonchev–Trinajstić information content (AvgIpc) is 3.25. The molecule has 8 heteroatoms. The molecular formula is C17H26ClN3O3S. The van der Waals surface area contributed by atoms with E-state index in [0.717, 1.165) is 31.8 Å². The molecule has 2 aliphatic rings. The summed E-state index contributed by atoms with van der Waals surface area (Å²) < 4.78 is 24.5. The van der Waals surface area contributed by atoms with Gasteiger partial charge in [0.15, 0.2) is 0 Å². The number of nitrogens with zero attached hydrogens (tertiary/aromatic N) is 1. The van der Waals surface area contributed by atoms with E-state index in [1.807, 2.05) is 18.2 Å². The standard InChI is InChI=1S/C17H25N3O3S.ClH/c1-24(22,23)18-9-17(21)19-16-12-20(10-13-7-8-13)11-15(16)14-5-3-2-4-6-14;/h2-6,13,15-16,18H,7-12H2,1H3,(H,19,21);1H/t15-,16+;/m1./s1. The lowest BCUT2D eigenvalue weighted by Crippen LogP contribution is -2.44. The quantitative estimate of drug-likeness (QED) is 0.730. The first-order valence-corrected chi connectivity index (χ1v) is 10.3. The molecular weight excluding hydrogens is 362 g/mol. The van der Waals surface area contributed by atoms with Crippen LogP contribution in [0, 0.1) is 5.92 Å². The van der Waals surface area contributed by atoms with Crippen molar-refractivity contribution >= 4 is 28.3 Å². The first-order chi connectivity index (χ1) is 11.4. The van der Waals surface area contributed by atoms with E-state index in [9.17, 15) is 13.2 Å². The van der Waals surface area contributed by atoms with Crippen molar-refractivity contribution in [3.05, 3.63) is 35.9 Å². The van der Waals surface area contributed by atoms with Crippen molar-refractivity contribution in [3.63, 3.8) is 0 Å². The Bertz CT molecular complexity index is 680. The number of carbonyl (C=O) groups is 1. The fourth-order valence-electron chi connectivity index (χ4n) is 3.34. The van der Waals surface area contributed by atoms with Crippen LogP contribution < -0.4 is 10.0 Å². The Labute approximate surface area is 155 Å². The SMILES string of the molecule is CS(=O)(=O)NCC(=O)N[C@H]1CN(CC2CC2)C[C@@H]1c1ccccc1.Cl. The third kappa shape index (κ3) is 6.26. The highest BCUT2D eigenvalue weighted by Gasteiger charge is 2.37. The van der Waals surface area contributed by atoms with E-state index in [1.165, 1.54) is 18.4 Å². The molecule has 1 aromatic carbocycles. The molecule has 1 saturated carbocycles. The number of halogens is 1. The van der Waals surface area contributed by atoms with Gasteiger partial charge in [0.2, 0.25) is 15.9 Å². The van der Waals surface area contributed by atoms with Crippen LogP contribution in [0.4, 0.5) is 0 Å². The zero-order chi connectivity index (χ0) is 17.2. The Morgan fingerprint density at radius 3 is 2.48 bits per heavy atom. The van der Waals surface area contributed by atoms with Crippen molar-refractivity contribution in [2.75, 3.05) is 32.4 Å². The number of hydrogen-bond donors (Lipinski definition) is 2. The van der Waals surface area contributed by atoms with Gasteiger partial charge in [0.1, 0.15) is 0 Å². The van der Waals surface area contributed by atoms with Crippen LogP contribution in [0.3, 0.4) is 0 Å². The maximum atomic E-state index is 12.1. The zero-order valence-corrected chi connectivity index (χ0v) is 16.0. The first kappa shape index (κ1) is 20.2. The molecule has 2 atom stereocenters. The molecule has 1 heterocycles.